The highest BCUT2D eigenvalue weighted by atomic mass is 19.1. The molecule has 1 aliphatic rings. The monoisotopic (exact) mass is 343 g/mol. The first kappa shape index (κ1) is 17.4. The second kappa shape index (κ2) is 7.63. The number of benzene rings is 2. The zero-order valence-corrected chi connectivity index (χ0v) is 13.9. The van der Waals surface area contributed by atoms with Gasteiger partial charge in [-0.2, -0.15) is 0 Å². The van der Waals surface area contributed by atoms with Crippen molar-refractivity contribution >= 4 is 17.3 Å². The first-order valence-electron chi connectivity index (χ1n) is 8.36. The number of fused-ring (bicyclic) bond motifs is 1. The van der Waals surface area contributed by atoms with E-state index in [1.807, 2.05) is 18.2 Å². The Balaban J connectivity index is 1.61. The van der Waals surface area contributed by atoms with Crippen molar-refractivity contribution in [3.8, 4) is 0 Å². The van der Waals surface area contributed by atoms with E-state index in [-0.39, 0.29) is 30.7 Å². The summed E-state index contributed by atoms with van der Waals surface area (Å²) in [7, 11) is 0. The van der Waals surface area contributed by atoms with Gasteiger partial charge in [-0.3, -0.25) is 9.69 Å². The van der Waals surface area contributed by atoms with E-state index in [0.29, 0.717) is 12.2 Å². The second-order valence-electron chi connectivity index (χ2n) is 6.22. The average molecular weight is 343 g/mol. The number of rotatable bonds is 5. The molecule has 4 N–H and O–H groups in total. The Morgan fingerprint density at radius 1 is 1.32 bits per heavy atom. The van der Waals surface area contributed by atoms with Gasteiger partial charge >= 0.3 is 0 Å². The third-order valence-corrected chi connectivity index (χ3v) is 4.59. The lowest BCUT2D eigenvalue weighted by atomic mass is 9.93. The lowest BCUT2D eigenvalue weighted by Crippen LogP contribution is -2.39. The second-order valence-corrected chi connectivity index (χ2v) is 6.22. The van der Waals surface area contributed by atoms with Gasteiger partial charge in [-0.05, 0) is 35.7 Å². The lowest BCUT2D eigenvalue weighted by molar-refractivity contribution is -0.116. The number of halogens is 1. The number of hydrogen-bond acceptors (Lipinski definition) is 4. The van der Waals surface area contributed by atoms with Gasteiger partial charge in [0, 0.05) is 25.2 Å². The minimum Gasteiger partial charge on any atom is -0.399 e. The Morgan fingerprint density at radius 3 is 2.92 bits per heavy atom. The third-order valence-electron chi connectivity index (χ3n) is 4.59. The summed E-state index contributed by atoms with van der Waals surface area (Å²) in [6.07, 6.45) is 1.10. The van der Waals surface area contributed by atoms with E-state index in [2.05, 4.69) is 16.3 Å². The molecule has 0 saturated carbocycles. The molecule has 0 bridgehead atoms. The maximum absolute atomic E-state index is 13.7. The molecular weight excluding hydrogens is 321 g/mol. The molecule has 25 heavy (non-hydrogen) atoms. The maximum Gasteiger partial charge on any atom is 0.225 e. The van der Waals surface area contributed by atoms with Crippen LogP contribution in [0.15, 0.2) is 42.5 Å². The van der Waals surface area contributed by atoms with Crippen LogP contribution in [0.3, 0.4) is 0 Å². The van der Waals surface area contributed by atoms with Crippen molar-refractivity contribution in [3.63, 3.8) is 0 Å². The quantitative estimate of drug-likeness (QED) is 0.728. The van der Waals surface area contributed by atoms with Crippen LogP contribution in [0.2, 0.25) is 0 Å². The van der Waals surface area contributed by atoms with Gasteiger partial charge in [0.2, 0.25) is 5.91 Å². The summed E-state index contributed by atoms with van der Waals surface area (Å²) in [6, 6.07) is 12.0. The smallest absolute Gasteiger partial charge is 0.225 e. The molecule has 0 radical (unpaired) electrons. The zero-order valence-electron chi connectivity index (χ0n) is 13.9. The summed E-state index contributed by atoms with van der Waals surface area (Å²) in [4.78, 5) is 14.2. The fourth-order valence-electron chi connectivity index (χ4n) is 3.28. The Labute approximate surface area is 146 Å². The minimum atomic E-state index is -0.511. The normalized spacial score (nSPS) is 17.1. The SMILES string of the molecule is Nc1ccc(F)c(NC(=O)CCN2CCc3ccccc3C2CO)c1. The number of nitrogen functional groups attached to an aromatic ring is 1. The topological polar surface area (TPSA) is 78.6 Å². The molecule has 132 valence electrons. The van der Waals surface area contributed by atoms with Crippen LogP contribution in [0.25, 0.3) is 0 Å². The van der Waals surface area contributed by atoms with Crippen LogP contribution < -0.4 is 11.1 Å². The van der Waals surface area contributed by atoms with Crippen LogP contribution in [0.1, 0.15) is 23.6 Å². The van der Waals surface area contributed by atoms with E-state index < -0.39 is 5.82 Å². The van der Waals surface area contributed by atoms with Gasteiger partial charge in [0.05, 0.1) is 18.3 Å². The fraction of sp³-hybridized carbons (Fsp3) is 0.316. The number of aliphatic hydroxyl groups excluding tert-OH is 1. The van der Waals surface area contributed by atoms with E-state index in [9.17, 15) is 14.3 Å². The van der Waals surface area contributed by atoms with E-state index >= 15 is 0 Å². The van der Waals surface area contributed by atoms with Gasteiger partial charge in [-0.15, -0.1) is 0 Å². The van der Waals surface area contributed by atoms with E-state index in [1.165, 1.54) is 23.8 Å². The molecule has 6 heteroatoms. The molecule has 0 aromatic heterocycles. The number of anilines is 2. The van der Waals surface area contributed by atoms with Gasteiger partial charge in [-0.1, -0.05) is 24.3 Å². The Kier molecular flexibility index (Phi) is 5.31. The minimum absolute atomic E-state index is 0.00246. The number of amides is 1. The summed E-state index contributed by atoms with van der Waals surface area (Å²) >= 11 is 0. The van der Waals surface area contributed by atoms with Crippen LogP contribution in [-0.4, -0.2) is 35.6 Å². The van der Waals surface area contributed by atoms with Crippen molar-refractivity contribution in [1.29, 1.82) is 0 Å². The molecule has 2 aromatic rings. The van der Waals surface area contributed by atoms with E-state index in [1.54, 1.807) is 0 Å². The molecule has 1 amide bonds. The summed E-state index contributed by atoms with van der Waals surface area (Å²) in [5.41, 5.74) is 8.45. The number of nitrogens with two attached hydrogens (primary N) is 1. The molecule has 5 nitrogen and oxygen atoms in total. The Bertz CT molecular complexity index is 766. The zero-order chi connectivity index (χ0) is 17.8. The van der Waals surface area contributed by atoms with Crippen molar-refractivity contribution in [2.75, 3.05) is 30.7 Å². The molecule has 0 saturated heterocycles. The maximum atomic E-state index is 13.7. The third kappa shape index (κ3) is 3.97. The largest absolute Gasteiger partial charge is 0.399 e. The van der Waals surface area contributed by atoms with Gasteiger partial charge in [-0.25, -0.2) is 4.39 Å². The molecule has 0 fully saturated rings. The van der Waals surface area contributed by atoms with Crippen molar-refractivity contribution in [2.45, 2.75) is 18.9 Å². The molecule has 2 aromatic carbocycles. The molecule has 1 heterocycles. The van der Waals surface area contributed by atoms with Gasteiger partial charge in [0.25, 0.3) is 0 Å². The van der Waals surface area contributed by atoms with E-state index in [0.717, 1.165) is 18.5 Å². The van der Waals surface area contributed by atoms with E-state index in [4.69, 9.17) is 5.73 Å². The van der Waals surface area contributed by atoms with Crippen LogP contribution in [-0.2, 0) is 11.2 Å². The Morgan fingerprint density at radius 2 is 2.12 bits per heavy atom. The van der Waals surface area contributed by atoms with Crippen molar-refractivity contribution in [2.24, 2.45) is 0 Å². The number of nitrogens with one attached hydrogen (secondary N) is 1. The van der Waals surface area contributed by atoms with Crippen molar-refractivity contribution in [3.05, 3.63) is 59.4 Å². The number of aliphatic hydroxyl groups is 1. The average Bonchev–Trinajstić information content (AvgIpc) is 2.62. The highest BCUT2D eigenvalue weighted by molar-refractivity contribution is 5.91. The number of nitrogens with zero attached hydrogens (tertiary/aromatic N) is 1. The van der Waals surface area contributed by atoms with Gasteiger partial charge < -0.3 is 16.2 Å². The first-order chi connectivity index (χ1) is 12.1. The lowest BCUT2D eigenvalue weighted by Gasteiger charge is -2.36. The van der Waals surface area contributed by atoms with Crippen molar-refractivity contribution < 1.29 is 14.3 Å². The summed E-state index contributed by atoms with van der Waals surface area (Å²) in [5, 5.41) is 12.3. The molecule has 1 unspecified atom stereocenters. The number of carbonyl (C=O) groups excluding carboxylic acids is 1. The standard InChI is InChI=1S/C19H22FN3O2/c20-16-6-5-14(21)11-17(16)22-19(25)8-10-23-9-7-13-3-1-2-4-15(13)18(23)12-24/h1-6,11,18,24H,7-10,12,21H2,(H,22,25). The molecule has 1 aliphatic heterocycles. The van der Waals surface area contributed by atoms with Crippen LogP contribution in [0.5, 0.6) is 0 Å². The number of hydrogen-bond donors (Lipinski definition) is 3. The fourth-order valence-corrected chi connectivity index (χ4v) is 3.28. The summed E-state index contributed by atoms with van der Waals surface area (Å²) < 4.78 is 13.7. The number of carbonyl (C=O) groups is 1. The molecule has 3 rings (SSSR count). The highest BCUT2D eigenvalue weighted by Gasteiger charge is 2.26. The van der Waals surface area contributed by atoms with Crippen molar-refractivity contribution in [1.82, 2.24) is 4.90 Å². The Hall–Kier alpha value is -2.44. The molecular formula is C19H22FN3O2. The van der Waals surface area contributed by atoms with Crippen LogP contribution in [0, 0.1) is 5.82 Å². The van der Waals surface area contributed by atoms with Gasteiger partial charge in [0.1, 0.15) is 5.82 Å². The summed E-state index contributed by atoms with van der Waals surface area (Å²) in [6.45, 7) is 1.28. The summed E-state index contributed by atoms with van der Waals surface area (Å²) in [5.74, 6) is -0.789. The predicted molar refractivity (Wildman–Crippen MR) is 95.6 cm³/mol. The first-order valence-corrected chi connectivity index (χ1v) is 8.36. The molecule has 0 aliphatic carbocycles. The molecule has 0 spiro atoms. The van der Waals surface area contributed by atoms with Crippen LogP contribution >= 0.6 is 0 Å². The molecule has 1 atom stereocenters. The predicted octanol–water partition coefficient (Wildman–Crippen LogP) is 2.33. The van der Waals surface area contributed by atoms with Gasteiger partial charge in [0.15, 0.2) is 0 Å². The van der Waals surface area contributed by atoms with Crippen LogP contribution in [0.4, 0.5) is 15.8 Å². The highest BCUT2D eigenvalue weighted by Crippen LogP contribution is 2.29.